The van der Waals surface area contributed by atoms with Crippen LogP contribution in [0.15, 0.2) is 47.4 Å². The first-order chi connectivity index (χ1) is 17.1. The number of anilines is 1. The van der Waals surface area contributed by atoms with E-state index in [0.717, 1.165) is 34.0 Å². The summed E-state index contributed by atoms with van der Waals surface area (Å²) in [6.45, 7) is 4.88. The van der Waals surface area contributed by atoms with Gasteiger partial charge >= 0.3 is 5.56 Å². The second-order valence-corrected chi connectivity index (χ2v) is 13.6. The fourth-order valence-corrected chi connectivity index (χ4v) is 7.38. The lowest BCUT2D eigenvalue weighted by atomic mass is 10.1. The van der Waals surface area contributed by atoms with Crippen molar-refractivity contribution in [3.05, 3.63) is 81.5 Å². The van der Waals surface area contributed by atoms with Gasteiger partial charge in [0.25, 0.3) is 0 Å². The predicted octanol–water partition coefficient (Wildman–Crippen LogP) is 3.44. The smallest absolute Gasteiger partial charge is 0.316 e. The van der Waals surface area contributed by atoms with E-state index in [1.54, 1.807) is 6.07 Å². The van der Waals surface area contributed by atoms with Crippen molar-refractivity contribution in [1.82, 2.24) is 9.78 Å². The molecular formula is C26H28F3N3O3S. The molecule has 0 saturated carbocycles. The van der Waals surface area contributed by atoms with Gasteiger partial charge in [-0.25, -0.2) is 13.2 Å². The molecule has 1 saturated heterocycles. The summed E-state index contributed by atoms with van der Waals surface area (Å²) in [5.74, 6) is -0.975. The minimum Gasteiger partial charge on any atom is -0.482 e. The quantitative estimate of drug-likeness (QED) is 0.524. The lowest BCUT2D eigenvalue weighted by molar-refractivity contribution is 0.210. The maximum absolute atomic E-state index is 13.9. The Hall–Kier alpha value is -3.14. The molecule has 3 aromatic rings. The number of halogens is 3. The van der Waals surface area contributed by atoms with Gasteiger partial charge in [-0.3, -0.25) is 9.00 Å². The molecule has 192 valence electrons. The van der Waals surface area contributed by atoms with Crippen LogP contribution in [0.3, 0.4) is 0 Å². The van der Waals surface area contributed by atoms with Gasteiger partial charge in [-0.1, -0.05) is 29.8 Å². The number of ether oxygens (including phenoxy) is 1. The van der Waals surface area contributed by atoms with Crippen molar-refractivity contribution >= 4 is 15.6 Å². The van der Waals surface area contributed by atoms with Crippen LogP contribution in [0.5, 0.6) is 5.75 Å². The fourth-order valence-electron chi connectivity index (χ4n) is 4.97. The molecule has 0 radical (unpaired) electrons. The highest BCUT2D eigenvalue weighted by molar-refractivity contribution is 8.03. The largest absolute Gasteiger partial charge is 0.482 e. The first-order valence-corrected chi connectivity index (χ1v) is 14.1. The Morgan fingerprint density at radius 3 is 2.31 bits per heavy atom. The average molecular weight is 520 g/mol. The zero-order valence-corrected chi connectivity index (χ0v) is 21.0. The summed E-state index contributed by atoms with van der Waals surface area (Å²) in [5, 5.41) is 4.28. The Bertz CT molecular complexity index is 1390. The first kappa shape index (κ1) is 24.5. The summed E-state index contributed by atoms with van der Waals surface area (Å²) in [5.41, 5.74) is 1.50. The number of thiol groups is 1. The van der Waals surface area contributed by atoms with Crippen molar-refractivity contribution < 1.29 is 22.1 Å². The molecule has 0 N–H and O–H groups in total. The molecule has 36 heavy (non-hydrogen) atoms. The highest BCUT2D eigenvalue weighted by Gasteiger charge is 2.31. The third-order valence-electron chi connectivity index (χ3n) is 7.13. The topological polar surface area (TPSA) is 64.4 Å². The van der Waals surface area contributed by atoms with Gasteiger partial charge < -0.3 is 9.64 Å². The third-order valence-corrected chi connectivity index (χ3v) is 10.9. The summed E-state index contributed by atoms with van der Waals surface area (Å²) in [6, 6.07) is 7.34. The Morgan fingerprint density at radius 1 is 0.972 bits per heavy atom. The highest BCUT2D eigenvalue weighted by Crippen LogP contribution is 2.32. The summed E-state index contributed by atoms with van der Waals surface area (Å²) < 4.78 is 61.8. The van der Waals surface area contributed by atoms with E-state index in [9.17, 15) is 22.2 Å². The van der Waals surface area contributed by atoms with Gasteiger partial charge in [0.05, 0.1) is 11.9 Å². The Kier molecular flexibility index (Phi) is 6.40. The third kappa shape index (κ3) is 4.66. The van der Waals surface area contributed by atoms with E-state index in [1.165, 1.54) is 18.3 Å². The van der Waals surface area contributed by atoms with Gasteiger partial charge in [0.2, 0.25) is 5.75 Å². The standard InChI is InChI=1S/C26H28F3N3O3S/c1-16(2)36(34)7-5-31(6-8-36)24-15-30-32(22-13-20(28)12-21(29)14-22)26(33)25(24)35-23-10-17-3-4-19(27)9-18(17)11-23/h3-4,9,12-16,23,36H,5-8,10-11H2,1-2H3. The van der Waals surface area contributed by atoms with E-state index in [0.29, 0.717) is 43.1 Å². The van der Waals surface area contributed by atoms with E-state index in [-0.39, 0.29) is 22.5 Å². The van der Waals surface area contributed by atoms with Crippen LogP contribution in [0.2, 0.25) is 0 Å². The second-order valence-electron chi connectivity index (χ2n) is 9.75. The van der Waals surface area contributed by atoms with Gasteiger partial charge in [0.15, 0.2) is 0 Å². The Morgan fingerprint density at radius 2 is 1.64 bits per heavy atom. The molecule has 10 heteroatoms. The van der Waals surface area contributed by atoms with E-state index >= 15 is 0 Å². The fraction of sp³-hybridized carbons (Fsp3) is 0.385. The number of fused-ring (bicyclic) bond motifs is 1. The summed E-state index contributed by atoms with van der Waals surface area (Å²) in [7, 11) is -2.32. The van der Waals surface area contributed by atoms with Crippen LogP contribution in [-0.4, -0.2) is 49.9 Å². The molecule has 1 atom stereocenters. The average Bonchev–Trinajstić information content (AvgIpc) is 3.22. The van der Waals surface area contributed by atoms with Gasteiger partial charge in [-0.15, -0.1) is 0 Å². The second kappa shape index (κ2) is 9.38. The molecule has 2 heterocycles. The zero-order chi connectivity index (χ0) is 25.6. The molecular weight excluding hydrogens is 491 g/mol. The molecule has 0 spiro atoms. The number of nitrogens with zero attached hydrogens (tertiary/aromatic N) is 3. The molecule has 0 amide bonds. The van der Waals surface area contributed by atoms with Gasteiger partial charge in [0.1, 0.15) is 29.2 Å². The molecule has 2 aliphatic rings. The zero-order valence-electron chi connectivity index (χ0n) is 20.1. The molecule has 6 nitrogen and oxygen atoms in total. The normalized spacial score (nSPS) is 19.8. The van der Waals surface area contributed by atoms with E-state index in [4.69, 9.17) is 4.74 Å². The number of hydrogen-bond donors (Lipinski definition) is 1. The lowest BCUT2D eigenvalue weighted by Gasteiger charge is -2.39. The molecule has 1 unspecified atom stereocenters. The van der Waals surface area contributed by atoms with E-state index in [1.807, 2.05) is 18.7 Å². The number of aromatic nitrogens is 2. The number of benzene rings is 2. The minimum absolute atomic E-state index is 0.00854. The van der Waals surface area contributed by atoms with Crippen LogP contribution in [0, 0.1) is 17.5 Å². The van der Waals surface area contributed by atoms with E-state index in [2.05, 4.69) is 5.10 Å². The molecule has 2 aromatic carbocycles. The van der Waals surface area contributed by atoms with Crippen molar-refractivity contribution in [3.63, 3.8) is 0 Å². The van der Waals surface area contributed by atoms with Crippen molar-refractivity contribution in [1.29, 1.82) is 0 Å². The van der Waals surface area contributed by atoms with Gasteiger partial charge in [0, 0.05) is 48.8 Å². The summed E-state index contributed by atoms with van der Waals surface area (Å²) in [6.07, 6.45) is 1.95. The lowest BCUT2D eigenvalue weighted by Crippen LogP contribution is -2.47. The maximum atomic E-state index is 13.9. The Balaban J connectivity index is 1.52. The molecule has 1 fully saturated rings. The molecule has 5 rings (SSSR count). The van der Waals surface area contributed by atoms with Crippen molar-refractivity contribution in [2.24, 2.45) is 0 Å². The van der Waals surface area contributed by atoms with Crippen LogP contribution in [0.1, 0.15) is 25.0 Å². The maximum Gasteiger partial charge on any atom is 0.316 e. The van der Waals surface area contributed by atoms with Crippen LogP contribution in [-0.2, 0) is 22.8 Å². The Labute approximate surface area is 208 Å². The highest BCUT2D eigenvalue weighted by atomic mass is 32.2. The van der Waals surface area contributed by atoms with Gasteiger partial charge in [-0.05, 0) is 35.4 Å². The monoisotopic (exact) mass is 519 g/mol. The molecule has 1 aromatic heterocycles. The van der Waals surface area contributed by atoms with E-state index < -0.39 is 33.2 Å². The van der Waals surface area contributed by atoms with Crippen molar-refractivity contribution in [2.45, 2.75) is 38.0 Å². The minimum atomic E-state index is -2.32. The molecule has 0 bridgehead atoms. The van der Waals surface area contributed by atoms with Crippen molar-refractivity contribution in [3.8, 4) is 11.4 Å². The SMILES string of the molecule is CC(C)[SH]1(=O)CCN(c2cnn(-c3cc(F)cc(F)c3)c(=O)c2OC2Cc3ccc(F)cc3C2)CC1. The van der Waals surface area contributed by atoms with Crippen LogP contribution in [0.4, 0.5) is 18.9 Å². The van der Waals surface area contributed by atoms with Crippen LogP contribution in [0.25, 0.3) is 5.69 Å². The van der Waals surface area contributed by atoms with Crippen LogP contribution >= 0.6 is 0 Å². The molecule has 1 aliphatic heterocycles. The number of rotatable bonds is 5. The first-order valence-electron chi connectivity index (χ1n) is 12.0. The summed E-state index contributed by atoms with van der Waals surface area (Å²) in [4.78, 5) is 15.5. The van der Waals surface area contributed by atoms with Gasteiger partial charge in [-0.2, -0.15) is 9.78 Å². The number of hydrogen-bond acceptors (Lipinski definition) is 5. The van der Waals surface area contributed by atoms with Crippen molar-refractivity contribution in [2.75, 3.05) is 29.5 Å². The summed E-state index contributed by atoms with van der Waals surface area (Å²) >= 11 is 0. The predicted molar refractivity (Wildman–Crippen MR) is 135 cm³/mol. The molecule has 1 aliphatic carbocycles. The van der Waals surface area contributed by atoms with Crippen LogP contribution < -0.4 is 15.2 Å².